The lowest BCUT2D eigenvalue weighted by molar-refractivity contribution is 0.320. The number of fused-ring (bicyclic) bond motifs is 1. The highest BCUT2D eigenvalue weighted by molar-refractivity contribution is 6.14. The van der Waals surface area contributed by atoms with E-state index in [2.05, 4.69) is 10.1 Å². The van der Waals surface area contributed by atoms with Crippen LogP contribution in [0.15, 0.2) is 45.6 Å². The molecule has 0 spiro atoms. The van der Waals surface area contributed by atoms with Gasteiger partial charge in [-0.25, -0.2) is 0 Å². The number of nitrogens with zero attached hydrogens (tertiary/aromatic N) is 2. The lowest BCUT2D eigenvalue weighted by Gasteiger charge is -2.14. The normalized spacial score (nSPS) is 23.5. The second-order valence-corrected chi connectivity index (χ2v) is 2.61. The molecule has 0 aromatic carbocycles. The van der Waals surface area contributed by atoms with Gasteiger partial charge in [0.25, 0.3) is 0 Å². The summed E-state index contributed by atoms with van der Waals surface area (Å²) in [6.45, 7) is 0.676. The van der Waals surface area contributed by atoms with Gasteiger partial charge in [0.15, 0.2) is 0 Å². The molecule has 1 aliphatic carbocycles. The second-order valence-electron chi connectivity index (χ2n) is 2.61. The topological polar surface area (TPSA) is 45.0 Å². The molecule has 1 heterocycles. The molecular weight excluding hydrogens is 152 g/mol. The molecule has 0 saturated heterocycles. The first kappa shape index (κ1) is 7.03. The molecule has 3 nitrogen and oxygen atoms in total. The fourth-order valence-corrected chi connectivity index (χ4v) is 1.30. The number of dihydropyridines is 1. The number of hydrogen-bond donors (Lipinski definition) is 1. The molecule has 60 valence electrons. The highest BCUT2D eigenvalue weighted by Crippen LogP contribution is 2.19. The monoisotopic (exact) mass is 160 g/mol. The summed E-state index contributed by atoms with van der Waals surface area (Å²) in [6.07, 6.45) is 9.21. The Labute approximate surface area is 70.1 Å². The molecule has 0 aromatic rings. The first-order chi connectivity index (χ1) is 5.92. The van der Waals surface area contributed by atoms with E-state index in [1.807, 2.05) is 18.2 Å². The molecule has 12 heavy (non-hydrogen) atoms. The number of rotatable bonds is 0. The minimum Gasteiger partial charge on any atom is -0.410 e. The number of aliphatic imine (C=N–C) groups is 1. The van der Waals surface area contributed by atoms with E-state index in [0.29, 0.717) is 12.3 Å². The van der Waals surface area contributed by atoms with E-state index in [4.69, 9.17) is 5.21 Å². The van der Waals surface area contributed by atoms with Crippen molar-refractivity contribution >= 4 is 11.9 Å². The van der Waals surface area contributed by atoms with Gasteiger partial charge in [0.2, 0.25) is 0 Å². The van der Waals surface area contributed by atoms with E-state index < -0.39 is 0 Å². The molecule has 0 aromatic heterocycles. The zero-order valence-electron chi connectivity index (χ0n) is 6.44. The Morgan fingerprint density at radius 2 is 2.33 bits per heavy atom. The van der Waals surface area contributed by atoms with Crippen molar-refractivity contribution in [1.29, 1.82) is 0 Å². The van der Waals surface area contributed by atoms with E-state index in [1.165, 1.54) is 0 Å². The Hall–Kier alpha value is -1.64. The summed E-state index contributed by atoms with van der Waals surface area (Å²) >= 11 is 0. The molecule has 0 fully saturated rings. The highest BCUT2D eigenvalue weighted by Gasteiger charge is 2.14. The van der Waals surface area contributed by atoms with Crippen LogP contribution >= 0.6 is 0 Å². The van der Waals surface area contributed by atoms with Crippen LogP contribution in [0.3, 0.4) is 0 Å². The fraction of sp³-hybridized carbons (Fsp3) is 0.111. The SMILES string of the molecule is O/N=C1\C=CC=C2CN=CC=C21. The van der Waals surface area contributed by atoms with E-state index in [1.54, 1.807) is 12.3 Å². The van der Waals surface area contributed by atoms with Gasteiger partial charge in [0.1, 0.15) is 5.71 Å². The summed E-state index contributed by atoms with van der Waals surface area (Å²) in [5.74, 6) is 0. The summed E-state index contributed by atoms with van der Waals surface area (Å²) in [5.41, 5.74) is 2.68. The maximum atomic E-state index is 8.65. The maximum Gasteiger partial charge on any atom is 0.110 e. The van der Waals surface area contributed by atoms with Crippen molar-refractivity contribution in [3.05, 3.63) is 35.5 Å². The Morgan fingerprint density at radius 1 is 1.42 bits per heavy atom. The number of allylic oxidation sites excluding steroid dienone is 4. The molecule has 0 radical (unpaired) electrons. The zero-order chi connectivity index (χ0) is 8.39. The lowest BCUT2D eigenvalue weighted by Crippen LogP contribution is -2.11. The van der Waals surface area contributed by atoms with E-state index in [9.17, 15) is 0 Å². The van der Waals surface area contributed by atoms with Crippen molar-refractivity contribution in [2.45, 2.75) is 0 Å². The first-order valence-corrected chi connectivity index (χ1v) is 3.72. The summed E-state index contributed by atoms with van der Waals surface area (Å²) < 4.78 is 0. The van der Waals surface area contributed by atoms with Gasteiger partial charge >= 0.3 is 0 Å². The van der Waals surface area contributed by atoms with Crippen LogP contribution in [0.1, 0.15) is 0 Å². The molecular formula is C9H8N2O. The van der Waals surface area contributed by atoms with Crippen LogP contribution in [-0.4, -0.2) is 23.7 Å². The molecule has 0 amide bonds. The van der Waals surface area contributed by atoms with Gasteiger partial charge < -0.3 is 5.21 Å². The van der Waals surface area contributed by atoms with Crippen LogP contribution in [0.25, 0.3) is 0 Å². The number of hydrogen-bond acceptors (Lipinski definition) is 3. The fourth-order valence-electron chi connectivity index (χ4n) is 1.30. The standard InChI is InChI=1S/C9H8N2O/c12-11-9-3-1-2-7-6-10-5-4-8(7)9/h1-5,12H,6H2/b11-9+. The van der Waals surface area contributed by atoms with Crippen LogP contribution in [0, 0.1) is 0 Å². The third-order valence-corrected chi connectivity index (χ3v) is 1.89. The van der Waals surface area contributed by atoms with Gasteiger partial charge in [0, 0.05) is 11.8 Å². The average molecular weight is 160 g/mol. The predicted molar refractivity (Wildman–Crippen MR) is 47.9 cm³/mol. The summed E-state index contributed by atoms with van der Waals surface area (Å²) in [5, 5.41) is 11.8. The van der Waals surface area contributed by atoms with Gasteiger partial charge in [0.05, 0.1) is 6.54 Å². The molecule has 2 rings (SSSR count). The van der Waals surface area contributed by atoms with E-state index in [-0.39, 0.29) is 0 Å². The molecule has 1 N–H and O–H groups in total. The second kappa shape index (κ2) is 2.77. The Morgan fingerprint density at radius 3 is 3.17 bits per heavy atom. The van der Waals surface area contributed by atoms with Crippen molar-refractivity contribution in [2.75, 3.05) is 6.54 Å². The Balaban J connectivity index is 2.48. The van der Waals surface area contributed by atoms with Crippen LogP contribution < -0.4 is 0 Å². The third kappa shape index (κ3) is 0.993. The van der Waals surface area contributed by atoms with Crippen molar-refractivity contribution in [3.8, 4) is 0 Å². The van der Waals surface area contributed by atoms with Gasteiger partial charge in [-0.1, -0.05) is 17.3 Å². The Kier molecular flexibility index (Phi) is 1.63. The molecule has 0 unspecified atom stereocenters. The average Bonchev–Trinajstić information content (AvgIpc) is 2.17. The molecule has 0 atom stereocenters. The van der Waals surface area contributed by atoms with Crippen LogP contribution in [-0.2, 0) is 0 Å². The minimum atomic E-state index is 0.610. The molecule has 2 aliphatic rings. The van der Waals surface area contributed by atoms with Crippen LogP contribution in [0.5, 0.6) is 0 Å². The summed E-state index contributed by atoms with van der Waals surface area (Å²) in [4.78, 5) is 4.09. The van der Waals surface area contributed by atoms with Crippen LogP contribution in [0.4, 0.5) is 0 Å². The van der Waals surface area contributed by atoms with E-state index in [0.717, 1.165) is 11.1 Å². The zero-order valence-corrected chi connectivity index (χ0v) is 6.44. The molecule has 1 aliphatic heterocycles. The molecule has 3 heteroatoms. The van der Waals surface area contributed by atoms with E-state index >= 15 is 0 Å². The van der Waals surface area contributed by atoms with Crippen LogP contribution in [0.2, 0.25) is 0 Å². The number of oxime groups is 1. The third-order valence-electron chi connectivity index (χ3n) is 1.89. The van der Waals surface area contributed by atoms with Crippen molar-refractivity contribution < 1.29 is 5.21 Å². The predicted octanol–water partition coefficient (Wildman–Crippen LogP) is 1.32. The lowest BCUT2D eigenvalue weighted by atomic mass is 9.95. The van der Waals surface area contributed by atoms with Gasteiger partial charge in [-0.2, -0.15) is 0 Å². The maximum absolute atomic E-state index is 8.65. The molecule has 0 bridgehead atoms. The van der Waals surface area contributed by atoms with Crippen molar-refractivity contribution in [2.24, 2.45) is 10.1 Å². The smallest absolute Gasteiger partial charge is 0.110 e. The van der Waals surface area contributed by atoms with Gasteiger partial charge in [-0.15, -0.1) is 0 Å². The molecule has 0 saturated carbocycles. The van der Waals surface area contributed by atoms with Gasteiger partial charge in [-0.05, 0) is 17.7 Å². The van der Waals surface area contributed by atoms with Crippen molar-refractivity contribution in [1.82, 2.24) is 0 Å². The summed E-state index contributed by atoms with van der Waals surface area (Å²) in [6, 6.07) is 0. The Bertz CT molecular complexity index is 346. The highest BCUT2D eigenvalue weighted by atomic mass is 16.4. The quantitative estimate of drug-likeness (QED) is 0.421. The summed E-state index contributed by atoms with van der Waals surface area (Å²) in [7, 11) is 0. The largest absolute Gasteiger partial charge is 0.410 e. The minimum absolute atomic E-state index is 0.610. The van der Waals surface area contributed by atoms with Gasteiger partial charge in [-0.3, -0.25) is 4.99 Å². The van der Waals surface area contributed by atoms with Crippen molar-refractivity contribution in [3.63, 3.8) is 0 Å². The first-order valence-electron chi connectivity index (χ1n) is 3.72.